The Bertz CT molecular complexity index is 1800. The molecule has 1 aliphatic heterocycles. The SMILES string of the molecule is CCOC(=O)C1=C(c2ccccc2)N=c2sc(=Cc3cc(I)c(O)c(OCC)c3)c(=O)n2C1c1ccc(F)cc1. The smallest absolute Gasteiger partial charge is 0.338 e. The van der Waals surface area contributed by atoms with E-state index in [4.69, 9.17) is 14.5 Å². The summed E-state index contributed by atoms with van der Waals surface area (Å²) in [7, 11) is 0. The Morgan fingerprint density at radius 3 is 2.52 bits per heavy atom. The number of aromatic nitrogens is 1. The number of rotatable bonds is 7. The maximum atomic E-state index is 14.0. The molecule has 2 heterocycles. The lowest BCUT2D eigenvalue weighted by Crippen LogP contribution is -2.40. The number of aromatic hydroxyl groups is 1. The number of carbonyl (C=O) groups is 1. The second-order valence-electron chi connectivity index (χ2n) is 8.77. The Hall–Kier alpha value is -3.77. The van der Waals surface area contributed by atoms with Crippen molar-refractivity contribution in [1.29, 1.82) is 0 Å². The molecule has 0 spiro atoms. The van der Waals surface area contributed by atoms with Crippen molar-refractivity contribution in [2.45, 2.75) is 19.9 Å². The molecule has 3 aromatic carbocycles. The number of esters is 1. The number of hydrogen-bond acceptors (Lipinski definition) is 7. The van der Waals surface area contributed by atoms with Crippen LogP contribution in [0.25, 0.3) is 11.8 Å². The number of thiazole rings is 1. The summed E-state index contributed by atoms with van der Waals surface area (Å²) in [6.07, 6.45) is 1.70. The molecule has 40 heavy (non-hydrogen) atoms. The zero-order valence-corrected chi connectivity index (χ0v) is 24.5. The van der Waals surface area contributed by atoms with Crippen LogP contribution in [-0.4, -0.2) is 28.9 Å². The second-order valence-corrected chi connectivity index (χ2v) is 10.9. The molecule has 7 nitrogen and oxygen atoms in total. The molecular formula is C30H24FIN2O5S. The molecule has 0 amide bonds. The van der Waals surface area contributed by atoms with Crippen molar-refractivity contribution in [2.75, 3.05) is 13.2 Å². The minimum atomic E-state index is -0.896. The van der Waals surface area contributed by atoms with Gasteiger partial charge in [-0.3, -0.25) is 9.36 Å². The summed E-state index contributed by atoms with van der Waals surface area (Å²) in [5, 5.41) is 10.3. The number of phenols is 1. The summed E-state index contributed by atoms with van der Waals surface area (Å²) in [4.78, 5) is 32.6. The lowest BCUT2D eigenvalue weighted by atomic mass is 9.93. The fourth-order valence-electron chi connectivity index (χ4n) is 4.49. The van der Waals surface area contributed by atoms with Gasteiger partial charge in [0.15, 0.2) is 16.3 Å². The second kappa shape index (κ2) is 11.8. The van der Waals surface area contributed by atoms with Crippen molar-refractivity contribution >= 4 is 51.7 Å². The van der Waals surface area contributed by atoms with Crippen LogP contribution in [-0.2, 0) is 9.53 Å². The van der Waals surface area contributed by atoms with E-state index in [-0.39, 0.29) is 23.5 Å². The maximum Gasteiger partial charge on any atom is 0.338 e. The normalized spacial score (nSPS) is 15.0. The van der Waals surface area contributed by atoms with Crippen molar-refractivity contribution in [3.8, 4) is 11.5 Å². The van der Waals surface area contributed by atoms with E-state index in [1.54, 1.807) is 37.3 Å². The van der Waals surface area contributed by atoms with E-state index in [0.717, 1.165) is 0 Å². The topological polar surface area (TPSA) is 90.1 Å². The van der Waals surface area contributed by atoms with Crippen LogP contribution < -0.4 is 19.6 Å². The molecule has 204 valence electrons. The lowest BCUT2D eigenvalue weighted by Gasteiger charge is -2.25. The molecule has 0 fully saturated rings. The van der Waals surface area contributed by atoms with Crippen LogP contribution in [0.15, 0.2) is 82.1 Å². The first-order valence-corrected chi connectivity index (χ1v) is 14.4. The van der Waals surface area contributed by atoms with Crippen LogP contribution in [0, 0.1) is 9.39 Å². The van der Waals surface area contributed by atoms with E-state index < -0.39 is 17.8 Å². The average molecular weight is 671 g/mol. The summed E-state index contributed by atoms with van der Waals surface area (Å²) in [6.45, 7) is 4.02. The Morgan fingerprint density at radius 1 is 1.12 bits per heavy atom. The molecule has 0 bridgehead atoms. The van der Waals surface area contributed by atoms with Gasteiger partial charge in [0.2, 0.25) is 0 Å². The summed E-state index contributed by atoms with van der Waals surface area (Å²) >= 11 is 3.18. The van der Waals surface area contributed by atoms with Crippen molar-refractivity contribution in [3.05, 3.63) is 118 Å². The number of halogens is 2. The van der Waals surface area contributed by atoms with E-state index in [1.165, 1.54) is 28.0 Å². The minimum absolute atomic E-state index is 0.0314. The third kappa shape index (κ3) is 5.33. The minimum Gasteiger partial charge on any atom is -0.504 e. The van der Waals surface area contributed by atoms with Gasteiger partial charge >= 0.3 is 5.97 Å². The van der Waals surface area contributed by atoms with E-state index in [2.05, 4.69) is 0 Å². The zero-order valence-electron chi connectivity index (χ0n) is 21.6. The van der Waals surface area contributed by atoms with E-state index in [0.29, 0.717) is 47.6 Å². The highest BCUT2D eigenvalue weighted by Gasteiger charge is 2.35. The predicted octanol–water partition coefficient (Wildman–Crippen LogP) is 4.78. The number of fused-ring (bicyclic) bond motifs is 1. The highest BCUT2D eigenvalue weighted by atomic mass is 127. The summed E-state index contributed by atoms with van der Waals surface area (Å²) < 4.78 is 27.3. The van der Waals surface area contributed by atoms with E-state index >= 15 is 0 Å². The van der Waals surface area contributed by atoms with Gasteiger partial charge in [0.1, 0.15) is 5.82 Å². The molecule has 0 radical (unpaired) electrons. The molecular weight excluding hydrogens is 646 g/mol. The first kappa shape index (κ1) is 27.8. The third-order valence-corrected chi connectivity index (χ3v) is 8.01. The van der Waals surface area contributed by atoms with Crippen molar-refractivity contribution in [1.82, 2.24) is 4.57 Å². The number of benzene rings is 3. The highest BCUT2D eigenvalue weighted by Crippen LogP contribution is 2.36. The summed E-state index contributed by atoms with van der Waals surface area (Å²) in [6, 6.07) is 17.4. The van der Waals surface area contributed by atoms with Crippen LogP contribution in [0.1, 0.15) is 36.6 Å². The van der Waals surface area contributed by atoms with Crippen molar-refractivity contribution in [2.24, 2.45) is 4.99 Å². The van der Waals surface area contributed by atoms with Crippen LogP contribution in [0.5, 0.6) is 11.5 Å². The van der Waals surface area contributed by atoms with Gasteiger partial charge in [-0.25, -0.2) is 14.2 Å². The van der Waals surface area contributed by atoms with Gasteiger partial charge in [-0.1, -0.05) is 53.8 Å². The largest absolute Gasteiger partial charge is 0.504 e. The average Bonchev–Trinajstić information content (AvgIpc) is 3.26. The predicted molar refractivity (Wildman–Crippen MR) is 159 cm³/mol. The zero-order chi connectivity index (χ0) is 28.4. The number of phenolic OH excluding ortho intramolecular Hbond substituents is 1. The number of carbonyl (C=O) groups excluding carboxylic acids is 1. The lowest BCUT2D eigenvalue weighted by molar-refractivity contribution is -0.138. The van der Waals surface area contributed by atoms with E-state index in [1.807, 2.05) is 59.8 Å². The fourth-order valence-corrected chi connectivity index (χ4v) is 6.12. The monoisotopic (exact) mass is 670 g/mol. The summed E-state index contributed by atoms with van der Waals surface area (Å²) in [5.74, 6) is -0.700. The van der Waals surface area contributed by atoms with Gasteiger partial charge < -0.3 is 14.6 Å². The molecule has 10 heteroatoms. The molecule has 1 aliphatic rings. The Labute approximate surface area is 246 Å². The molecule has 5 rings (SSSR count). The molecule has 0 saturated heterocycles. The molecule has 1 N–H and O–H groups in total. The molecule has 1 aromatic heterocycles. The maximum absolute atomic E-state index is 14.0. The standard InChI is InChI=1S/C30H24FIN2O5S/c1-3-38-22-15-17(14-21(32)27(22)35)16-23-28(36)34-26(19-10-12-20(31)13-11-19)24(29(37)39-4-2)25(33-30(34)40-23)18-8-6-5-7-9-18/h5-16,26,35H,3-4H2,1-2H3. The van der Waals surface area contributed by atoms with Crippen molar-refractivity contribution < 1.29 is 23.8 Å². The summed E-state index contributed by atoms with van der Waals surface area (Å²) in [5.41, 5.74) is 2.09. The molecule has 0 aliphatic carbocycles. The van der Waals surface area contributed by atoms with Crippen LogP contribution >= 0.6 is 33.9 Å². The molecule has 1 unspecified atom stereocenters. The fraction of sp³-hybridized carbons (Fsp3) is 0.167. The quantitative estimate of drug-likeness (QED) is 0.226. The Balaban J connectivity index is 1.80. The number of ether oxygens (including phenoxy) is 2. The third-order valence-electron chi connectivity index (χ3n) is 6.21. The number of nitrogens with zero attached hydrogens (tertiary/aromatic N) is 2. The highest BCUT2D eigenvalue weighted by molar-refractivity contribution is 14.1. The van der Waals surface area contributed by atoms with Crippen LogP contribution in [0.2, 0.25) is 0 Å². The van der Waals surface area contributed by atoms with Crippen LogP contribution in [0.4, 0.5) is 4.39 Å². The van der Waals surface area contributed by atoms with Crippen molar-refractivity contribution in [3.63, 3.8) is 0 Å². The molecule has 1 atom stereocenters. The van der Waals surface area contributed by atoms with Gasteiger partial charge in [-0.15, -0.1) is 0 Å². The van der Waals surface area contributed by atoms with Gasteiger partial charge in [0.25, 0.3) is 5.56 Å². The first-order chi connectivity index (χ1) is 19.3. The van der Waals surface area contributed by atoms with Crippen LogP contribution in [0.3, 0.4) is 0 Å². The van der Waals surface area contributed by atoms with Gasteiger partial charge in [-0.2, -0.15) is 0 Å². The molecule has 4 aromatic rings. The molecule has 0 saturated carbocycles. The number of hydrogen-bond donors (Lipinski definition) is 1. The van der Waals surface area contributed by atoms with Gasteiger partial charge in [0.05, 0.1) is 38.6 Å². The first-order valence-electron chi connectivity index (χ1n) is 12.5. The van der Waals surface area contributed by atoms with Gasteiger partial charge in [-0.05, 0) is 77.9 Å². The Morgan fingerprint density at radius 2 is 1.85 bits per heavy atom. The van der Waals surface area contributed by atoms with E-state index in [9.17, 15) is 19.1 Å². The Kier molecular flexibility index (Phi) is 8.17. The van der Waals surface area contributed by atoms with Gasteiger partial charge in [0, 0.05) is 5.56 Å².